The molecule has 0 bridgehead atoms. The molecule has 19 heavy (non-hydrogen) atoms. The Balaban J connectivity index is 2.45. The number of benzene rings is 1. The molecule has 3 rings (SSSR count). The van der Waals surface area contributed by atoms with E-state index in [0.717, 1.165) is 11.0 Å². The van der Waals surface area contributed by atoms with Gasteiger partial charge in [-0.15, -0.1) is 0 Å². The number of rotatable bonds is 0. The molecule has 0 aliphatic carbocycles. The van der Waals surface area contributed by atoms with Gasteiger partial charge in [-0.2, -0.15) is 0 Å². The van der Waals surface area contributed by atoms with Gasteiger partial charge in [-0.05, 0) is 32.9 Å². The van der Waals surface area contributed by atoms with Crippen LogP contribution in [0.4, 0.5) is 5.95 Å². The second-order valence-electron chi connectivity index (χ2n) is 5.59. The zero-order valence-corrected chi connectivity index (χ0v) is 11.1. The van der Waals surface area contributed by atoms with Crippen molar-refractivity contribution in [2.24, 2.45) is 0 Å². The number of nitrogen functional groups attached to an aromatic ring is 1. The third-order valence-corrected chi connectivity index (χ3v) is 3.11. The highest BCUT2D eigenvalue weighted by molar-refractivity contribution is 5.93. The molecule has 0 radical (unpaired) electrons. The minimum absolute atomic E-state index is 0.0881. The Morgan fingerprint density at radius 1 is 1.26 bits per heavy atom. The predicted molar refractivity (Wildman–Crippen MR) is 75.1 cm³/mol. The number of aromatic nitrogens is 4. The van der Waals surface area contributed by atoms with Gasteiger partial charge in [0.15, 0.2) is 0 Å². The molecule has 3 N–H and O–H groups in total. The molecule has 2 aromatic heterocycles. The molecule has 0 fully saturated rings. The number of fused-ring (bicyclic) bond motifs is 2. The van der Waals surface area contributed by atoms with Crippen LogP contribution in [0.5, 0.6) is 0 Å². The van der Waals surface area contributed by atoms with Crippen molar-refractivity contribution < 1.29 is 0 Å². The lowest BCUT2D eigenvalue weighted by Gasteiger charge is -2.21. The minimum Gasteiger partial charge on any atom is -0.369 e. The van der Waals surface area contributed by atoms with Gasteiger partial charge in [-0.3, -0.25) is 9.78 Å². The summed E-state index contributed by atoms with van der Waals surface area (Å²) in [6.07, 6.45) is 1.78. The first-order valence-electron chi connectivity index (χ1n) is 6.03. The fraction of sp³-hybridized carbons (Fsp3) is 0.308. The number of hydrogen-bond donors (Lipinski definition) is 2. The van der Waals surface area contributed by atoms with E-state index in [9.17, 15) is 4.79 Å². The Bertz CT molecular complexity index is 838. The first kappa shape index (κ1) is 11.7. The van der Waals surface area contributed by atoms with E-state index in [-0.39, 0.29) is 17.0 Å². The SMILES string of the molecule is CC(C)(C)n1cnc2cc3c(=O)[nH]c(N)nc3cc21. The lowest BCUT2D eigenvalue weighted by atomic mass is 10.1. The molecule has 98 valence electrons. The predicted octanol–water partition coefficient (Wildman–Crippen LogP) is 1.61. The maximum Gasteiger partial charge on any atom is 0.260 e. The third-order valence-electron chi connectivity index (χ3n) is 3.11. The molecule has 3 aromatic rings. The van der Waals surface area contributed by atoms with E-state index in [0.29, 0.717) is 10.9 Å². The first-order chi connectivity index (χ1) is 8.86. The maximum absolute atomic E-state index is 11.8. The van der Waals surface area contributed by atoms with E-state index in [2.05, 4.69) is 40.3 Å². The zero-order chi connectivity index (χ0) is 13.8. The maximum atomic E-state index is 11.8. The Morgan fingerprint density at radius 3 is 2.68 bits per heavy atom. The van der Waals surface area contributed by atoms with E-state index in [4.69, 9.17) is 5.73 Å². The van der Waals surface area contributed by atoms with Crippen LogP contribution in [0, 0.1) is 0 Å². The van der Waals surface area contributed by atoms with Crippen molar-refractivity contribution in [3.63, 3.8) is 0 Å². The lowest BCUT2D eigenvalue weighted by molar-refractivity contribution is 0.408. The van der Waals surface area contributed by atoms with Gasteiger partial charge < -0.3 is 10.3 Å². The number of imidazole rings is 1. The van der Waals surface area contributed by atoms with Crippen molar-refractivity contribution >= 4 is 27.9 Å². The van der Waals surface area contributed by atoms with Crippen molar-refractivity contribution in [1.29, 1.82) is 0 Å². The standard InChI is InChI=1S/C13H15N5O/c1-13(2,3)18-6-15-9-4-7-8(5-10(9)18)16-12(14)17-11(7)19/h4-6H,1-3H3,(H3,14,16,17,19). The summed E-state index contributed by atoms with van der Waals surface area (Å²) in [6.45, 7) is 6.29. The summed E-state index contributed by atoms with van der Waals surface area (Å²) in [5.74, 6) is 0.124. The highest BCUT2D eigenvalue weighted by atomic mass is 16.1. The van der Waals surface area contributed by atoms with Crippen molar-refractivity contribution in [3.05, 3.63) is 28.8 Å². The molecule has 1 aromatic carbocycles. The van der Waals surface area contributed by atoms with Crippen LogP contribution in [0.15, 0.2) is 23.3 Å². The number of aromatic amines is 1. The Kier molecular flexibility index (Phi) is 2.20. The molecule has 0 atom stereocenters. The fourth-order valence-corrected chi connectivity index (χ4v) is 2.19. The first-order valence-corrected chi connectivity index (χ1v) is 6.03. The number of nitrogens with two attached hydrogens (primary N) is 1. The normalized spacial score (nSPS) is 12.4. The summed E-state index contributed by atoms with van der Waals surface area (Å²) in [5.41, 5.74) is 7.55. The molecule has 0 aliphatic heterocycles. The molecule has 2 heterocycles. The van der Waals surface area contributed by atoms with E-state index in [1.807, 2.05) is 6.07 Å². The number of nitrogens with zero attached hydrogens (tertiary/aromatic N) is 3. The van der Waals surface area contributed by atoms with Crippen LogP contribution >= 0.6 is 0 Å². The van der Waals surface area contributed by atoms with Crippen LogP contribution in [0.2, 0.25) is 0 Å². The fourth-order valence-electron chi connectivity index (χ4n) is 2.19. The smallest absolute Gasteiger partial charge is 0.260 e. The minimum atomic E-state index is -0.241. The van der Waals surface area contributed by atoms with Gasteiger partial charge in [0.05, 0.1) is 28.3 Å². The number of anilines is 1. The topological polar surface area (TPSA) is 89.6 Å². The highest BCUT2D eigenvalue weighted by Crippen LogP contribution is 2.24. The van der Waals surface area contributed by atoms with Crippen LogP contribution in [-0.2, 0) is 5.54 Å². The second-order valence-corrected chi connectivity index (χ2v) is 5.59. The van der Waals surface area contributed by atoms with Crippen molar-refractivity contribution in [3.8, 4) is 0 Å². The summed E-state index contributed by atoms with van der Waals surface area (Å²) in [5, 5.41) is 0.501. The Hall–Kier alpha value is -2.37. The Labute approximate surface area is 109 Å². The molecule has 6 heteroatoms. The van der Waals surface area contributed by atoms with Gasteiger partial charge in [-0.25, -0.2) is 9.97 Å². The number of nitrogens with one attached hydrogen (secondary N) is 1. The number of hydrogen-bond acceptors (Lipinski definition) is 4. The molecule has 6 nitrogen and oxygen atoms in total. The van der Waals surface area contributed by atoms with Gasteiger partial charge in [0.1, 0.15) is 0 Å². The third kappa shape index (κ3) is 1.76. The van der Waals surface area contributed by atoms with Gasteiger partial charge in [0.25, 0.3) is 5.56 Å². The van der Waals surface area contributed by atoms with Crippen LogP contribution in [0.25, 0.3) is 21.9 Å². The van der Waals surface area contributed by atoms with Crippen molar-refractivity contribution in [2.75, 3.05) is 5.73 Å². The van der Waals surface area contributed by atoms with Gasteiger partial charge in [0, 0.05) is 5.54 Å². The van der Waals surface area contributed by atoms with Gasteiger partial charge >= 0.3 is 0 Å². The second kappa shape index (κ2) is 3.57. The molecular formula is C13H15N5O. The van der Waals surface area contributed by atoms with Gasteiger partial charge in [-0.1, -0.05) is 0 Å². The van der Waals surface area contributed by atoms with E-state index in [1.54, 1.807) is 12.4 Å². The largest absolute Gasteiger partial charge is 0.369 e. The monoisotopic (exact) mass is 257 g/mol. The molecule has 0 spiro atoms. The average Bonchev–Trinajstić information content (AvgIpc) is 2.68. The van der Waals surface area contributed by atoms with Crippen LogP contribution < -0.4 is 11.3 Å². The molecule has 0 aliphatic rings. The lowest BCUT2D eigenvalue weighted by Crippen LogP contribution is -2.20. The molecular weight excluding hydrogens is 242 g/mol. The van der Waals surface area contributed by atoms with Crippen molar-refractivity contribution in [1.82, 2.24) is 19.5 Å². The molecule has 0 saturated carbocycles. The molecule has 0 unspecified atom stereocenters. The van der Waals surface area contributed by atoms with Gasteiger partial charge in [0.2, 0.25) is 5.95 Å². The quantitative estimate of drug-likeness (QED) is 0.640. The molecule has 0 amide bonds. The van der Waals surface area contributed by atoms with Crippen LogP contribution in [0.1, 0.15) is 20.8 Å². The highest BCUT2D eigenvalue weighted by Gasteiger charge is 2.17. The summed E-state index contributed by atoms with van der Waals surface area (Å²) in [4.78, 5) is 22.8. The van der Waals surface area contributed by atoms with E-state index >= 15 is 0 Å². The van der Waals surface area contributed by atoms with E-state index in [1.165, 1.54) is 0 Å². The number of H-pyrrole nitrogens is 1. The summed E-state index contributed by atoms with van der Waals surface area (Å²) >= 11 is 0. The van der Waals surface area contributed by atoms with Crippen molar-refractivity contribution in [2.45, 2.75) is 26.3 Å². The van der Waals surface area contributed by atoms with E-state index < -0.39 is 0 Å². The summed E-state index contributed by atoms with van der Waals surface area (Å²) < 4.78 is 2.06. The summed E-state index contributed by atoms with van der Waals surface area (Å²) in [6, 6.07) is 3.60. The van der Waals surface area contributed by atoms with Crippen LogP contribution in [-0.4, -0.2) is 19.5 Å². The van der Waals surface area contributed by atoms with Crippen LogP contribution in [0.3, 0.4) is 0 Å². The molecule has 0 saturated heterocycles. The zero-order valence-electron chi connectivity index (χ0n) is 11.1. The summed E-state index contributed by atoms with van der Waals surface area (Å²) in [7, 11) is 0. The average molecular weight is 257 g/mol. The Morgan fingerprint density at radius 2 is 2.00 bits per heavy atom.